The van der Waals surface area contributed by atoms with Crippen LogP contribution in [0.15, 0.2) is 64.4 Å². The first kappa shape index (κ1) is 23.9. The molecule has 2 aromatic carbocycles. The zero-order chi connectivity index (χ0) is 22.5. The Kier molecular flexibility index (Phi) is 7.87. The van der Waals surface area contributed by atoms with E-state index < -0.39 is 20.0 Å². The summed E-state index contributed by atoms with van der Waals surface area (Å²) in [4.78, 5) is 0.119. The first-order chi connectivity index (χ1) is 14.8. The molecule has 1 heterocycles. The van der Waals surface area contributed by atoms with E-state index in [9.17, 15) is 16.8 Å². The second-order valence-electron chi connectivity index (χ2n) is 7.57. The minimum absolute atomic E-state index is 0.0420. The summed E-state index contributed by atoms with van der Waals surface area (Å²) in [7, 11) is -7.51. The molecule has 1 fully saturated rings. The predicted molar refractivity (Wildman–Crippen MR) is 120 cm³/mol. The first-order valence-electron chi connectivity index (χ1n) is 10.5. The van der Waals surface area contributed by atoms with Crippen LogP contribution in [0.2, 0.25) is 0 Å². The highest BCUT2D eigenvalue weighted by molar-refractivity contribution is 7.89. The Morgan fingerprint density at radius 3 is 1.97 bits per heavy atom. The number of hydrogen-bond acceptors (Lipinski definition) is 5. The van der Waals surface area contributed by atoms with E-state index in [1.165, 1.54) is 28.6 Å². The van der Waals surface area contributed by atoms with E-state index in [0.29, 0.717) is 13.2 Å². The second-order valence-corrected chi connectivity index (χ2v) is 11.2. The number of nitrogens with zero attached hydrogens (tertiary/aromatic N) is 1. The van der Waals surface area contributed by atoms with Crippen LogP contribution in [0.4, 0.5) is 0 Å². The summed E-state index contributed by atoms with van der Waals surface area (Å²) in [6.45, 7) is 5.38. The molecule has 9 heteroatoms. The monoisotopic (exact) mass is 466 g/mol. The molecule has 0 aliphatic carbocycles. The molecule has 170 valence electrons. The molecule has 2 aromatic rings. The van der Waals surface area contributed by atoms with Crippen molar-refractivity contribution < 1.29 is 21.6 Å². The van der Waals surface area contributed by atoms with Crippen LogP contribution >= 0.6 is 0 Å². The maximum atomic E-state index is 13.1. The number of benzene rings is 2. The largest absolute Gasteiger partial charge is 0.379 e. The van der Waals surface area contributed by atoms with Crippen molar-refractivity contribution in [3.8, 4) is 0 Å². The lowest BCUT2D eigenvalue weighted by Crippen LogP contribution is -2.40. The standard InChI is InChI=1S/C22H30N2O5S2/c1-3-18(4-2)22(19-8-6-5-7-9-19)23-30(25,26)20-10-12-21(13-11-20)31(27,28)24-14-16-29-17-15-24/h5-13,18,22-23H,3-4,14-17H2,1-2H3/t22-/m0/s1. The Morgan fingerprint density at radius 2 is 1.42 bits per heavy atom. The van der Waals surface area contributed by atoms with Crippen molar-refractivity contribution in [1.82, 2.24) is 9.03 Å². The van der Waals surface area contributed by atoms with Gasteiger partial charge in [0.25, 0.3) is 0 Å². The maximum Gasteiger partial charge on any atom is 0.243 e. The fraction of sp³-hybridized carbons (Fsp3) is 0.455. The van der Waals surface area contributed by atoms with Crippen molar-refractivity contribution in [2.45, 2.75) is 42.5 Å². The van der Waals surface area contributed by atoms with E-state index in [0.717, 1.165) is 18.4 Å². The van der Waals surface area contributed by atoms with Crippen molar-refractivity contribution in [2.24, 2.45) is 5.92 Å². The quantitative estimate of drug-likeness (QED) is 0.613. The fourth-order valence-corrected chi connectivity index (χ4v) is 6.52. The van der Waals surface area contributed by atoms with Crippen LogP contribution in [-0.2, 0) is 24.8 Å². The summed E-state index contributed by atoms with van der Waals surface area (Å²) in [5.41, 5.74) is 0.909. The van der Waals surface area contributed by atoms with Crippen LogP contribution < -0.4 is 4.72 Å². The van der Waals surface area contributed by atoms with Gasteiger partial charge in [0.2, 0.25) is 20.0 Å². The highest BCUT2D eigenvalue weighted by Gasteiger charge is 2.29. The molecule has 0 amide bonds. The van der Waals surface area contributed by atoms with Crippen molar-refractivity contribution in [3.63, 3.8) is 0 Å². The van der Waals surface area contributed by atoms with E-state index in [4.69, 9.17) is 4.74 Å². The van der Waals surface area contributed by atoms with Gasteiger partial charge in [-0.05, 0) is 35.7 Å². The van der Waals surface area contributed by atoms with Gasteiger partial charge in [-0.2, -0.15) is 4.31 Å². The molecule has 0 saturated carbocycles. The van der Waals surface area contributed by atoms with Crippen molar-refractivity contribution in [3.05, 3.63) is 60.2 Å². The SMILES string of the molecule is CCC(CC)[C@H](NS(=O)(=O)c1ccc(S(=O)(=O)N2CCOCC2)cc1)c1ccccc1. The molecule has 1 N–H and O–H groups in total. The smallest absolute Gasteiger partial charge is 0.243 e. The minimum atomic E-state index is -3.84. The number of hydrogen-bond donors (Lipinski definition) is 1. The van der Waals surface area contributed by atoms with Gasteiger partial charge in [0.15, 0.2) is 0 Å². The Bertz CT molecular complexity index is 1040. The van der Waals surface area contributed by atoms with Gasteiger partial charge in [0.05, 0.1) is 23.0 Å². The number of rotatable bonds is 9. The summed E-state index contributed by atoms with van der Waals surface area (Å²) >= 11 is 0. The highest BCUT2D eigenvalue weighted by Crippen LogP contribution is 2.29. The van der Waals surface area contributed by atoms with Gasteiger partial charge in [0.1, 0.15) is 0 Å². The third kappa shape index (κ3) is 5.53. The number of morpholine rings is 1. The topological polar surface area (TPSA) is 92.8 Å². The Hall–Kier alpha value is -1.78. The third-order valence-corrected chi connectivity index (χ3v) is 9.07. The molecule has 0 spiro atoms. The molecule has 0 aromatic heterocycles. The molecule has 1 aliphatic rings. The number of nitrogens with one attached hydrogen (secondary N) is 1. The molecule has 3 rings (SSSR count). The lowest BCUT2D eigenvalue weighted by molar-refractivity contribution is 0.0730. The zero-order valence-electron chi connectivity index (χ0n) is 17.9. The molecule has 1 aliphatic heterocycles. The lowest BCUT2D eigenvalue weighted by atomic mass is 9.90. The van der Waals surface area contributed by atoms with Gasteiger partial charge in [-0.1, -0.05) is 57.0 Å². The van der Waals surface area contributed by atoms with Crippen molar-refractivity contribution in [2.75, 3.05) is 26.3 Å². The molecule has 7 nitrogen and oxygen atoms in total. The van der Waals surface area contributed by atoms with E-state index in [2.05, 4.69) is 4.72 Å². The summed E-state index contributed by atoms with van der Waals surface area (Å²) in [6, 6.07) is 14.6. The molecule has 0 bridgehead atoms. The Morgan fingerprint density at radius 1 is 0.871 bits per heavy atom. The third-order valence-electron chi connectivity index (χ3n) is 5.70. The average molecular weight is 467 g/mol. The van der Waals surface area contributed by atoms with Gasteiger partial charge in [-0.3, -0.25) is 0 Å². The van der Waals surface area contributed by atoms with Gasteiger partial charge < -0.3 is 4.74 Å². The van der Waals surface area contributed by atoms with E-state index in [-0.39, 0.29) is 34.8 Å². The zero-order valence-corrected chi connectivity index (χ0v) is 19.5. The van der Waals surface area contributed by atoms with E-state index in [1.54, 1.807) is 0 Å². The molecule has 1 atom stereocenters. The molecular weight excluding hydrogens is 436 g/mol. The molecule has 0 radical (unpaired) electrons. The average Bonchev–Trinajstić information content (AvgIpc) is 2.80. The predicted octanol–water partition coefficient (Wildman–Crippen LogP) is 3.16. The van der Waals surface area contributed by atoms with Gasteiger partial charge in [0, 0.05) is 19.1 Å². The van der Waals surface area contributed by atoms with Crippen LogP contribution in [0.5, 0.6) is 0 Å². The normalized spacial score (nSPS) is 17.0. The first-order valence-corrected chi connectivity index (χ1v) is 13.5. The molecule has 0 unspecified atom stereocenters. The summed E-state index contributed by atoms with van der Waals surface area (Å²) < 4.78 is 61.2. The van der Waals surface area contributed by atoms with Crippen LogP contribution in [0.1, 0.15) is 38.3 Å². The maximum absolute atomic E-state index is 13.1. The number of ether oxygens (including phenoxy) is 1. The summed E-state index contributed by atoms with van der Waals surface area (Å²) in [6.07, 6.45) is 1.66. The highest BCUT2D eigenvalue weighted by atomic mass is 32.2. The molecular formula is C22H30N2O5S2. The van der Waals surface area contributed by atoms with Crippen molar-refractivity contribution in [1.29, 1.82) is 0 Å². The summed E-state index contributed by atoms with van der Waals surface area (Å²) in [5, 5.41) is 0. The van der Waals surface area contributed by atoms with Crippen molar-refractivity contribution >= 4 is 20.0 Å². The van der Waals surface area contributed by atoms with Crippen LogP contribution in [0.3, 0.4) is 0 Å². The fourth-order valence-electron chi connectivity index (χ4n) is 3.82. The van der Waals surface area contributed by atoms with E-state index >= 15 is 0 Å². The number of sulfonamides is 2. The van der Waals surface area contributed by atoms with Crippen LogP contribution in [0.25, 0.3) is 0 Å². The Balaban J connectivity index is 1.85. The van der Waals surface area contributed by atoms with Gasteiger partial charge in [-0.15, -0.1) is 0 Å². The van der Waals surface area contributed by atoms with Gasteiger partial charge in [-0.25, -0.2) is 21.6 Å². The second kappa shape index (κ2) is 10.2. The minimum Gasteiger partial charge on any atom is -0.379 e. The van der Waals surface area contributed by atoms with Gasteiger partial charge >= 0.3 is 0 Å². The summed E-state index contributed by atoms with van der Waals surface area (Å²) in [5.74, 6) is 0.137. The van der Waals surface area contributed by atoms with Crippen LogP contribution in [-0.4, -0.2) is 47.4 Å². The molecule has 1 saturated heterocycles. The molecule has 31 heavy (non-hydrogen) atoms. The van der Waals surface area contributed by atoms with E-state index in [1.807, 2.05) is 44.2 Å². The Labute approximate surface area is 185 Å². The lowest BCUT2D eigenvalue weighted by Gasteiger charge is -2.27. The van der Waals surface area contributed by atoms with Crippen LogP contribution in [0, 0.1) is 5.92 Å².